The predicted octanol–water partition coefficient (Wildman–Crippen LogP) is 2.66. The van der Waals surface area contributed by atoms with Crippen LogP contribution in [0.15, 0.2) is 29.7 Å². The molecule has 1 aliphatic rings. The van der Waals surface area contributed by atoms with Crippen LogP contribution in [0, 0.1) is 0 Å². The number of benzene rings is 1. The second kappa shape index (κ2) is 6.43. The van der Waals surface area contributed by atoms with Crippen molar-refractivity contribution in [3.05, 3.63) is 41.2 Å². The Morgan fingerprint density at radius 2 is 2.14 bits per heavy atom. The minimum absolute atomic E-state index is 0.364. The van der Waals surface area contributed by atoms with E-state index in [1.54, 1.807) is 0 Å². The molecule has 6 nitrogen and oxygen atoms in total. The highest BCUT2D eigenvalue weighted by atomic mass is 16.6. The summed E-state index contributed by atoms with van der Waals surface area (Å²) in [5, 5.41) is 7.14. The molecule has 2 aromatic rings. The number of hydrogen-bond donors (Lipinski definition) is 2. The van der Waals surface area contributed by atoms with Crippen molar-refractivity contribution in [1.82, 2.24) is 9.97 Å². The van der Waals surface area contributed by atoms with Gasteiger partial charge < -0.3 is 15.9 Å². The topological polar surface area (TPSA) is 85.4 Å². The van der Waals surface area contributed by atoms with Gasteiger partial charge in [-0.15, -0.1) is 0 Å². The largest absolute Gasteiger partial charge is 0.399 e. The van der Waals surface area contributed by atoms with E-state index in [9.17, 15) is 0 Å². The lowest BCUT2D eigenvalue weighted by atomic mass is 9.90. The number of nitrogens with two attached hydrogens (primary N) is 1. The van der Waals surface area contributed by atoms with Gasteiger partial charge in [-0.25, -0.2) is 9.97 Å². The first-order valence-corrected chi connectivity index (χ1v) is 7.34. The van der Waals surface area contributed by atoms with Crippen molar-refractivity contribution in [3.63, 3.8) is 0 Å². The Hall–Kier alpha value is -2.63. The highest BCUT2D eigenvalue weighted by Crippen LogP contribution is 2.30. The van der Waals surface area contributed by atoms with Gasteiger partial charge in [0.15, 0.2) is 0 Å². The molecular formula is C16H19N5O. The summed E-state index contributed by atoms with van der Waals surface area (Å²) in [5.74, 6) is 0.996. The summed E-state index contributed by atoms with van der Waals surface area (Å²) in [5.41, 5.74) is 10.4. The Bertz CT molecular complexity index is 699. The molecule has 0 amide bonds. The fraction of sp³-hybridized carbons (Fsp3) is 0.312. The first-order chi connectivity index (χ1) is 10.8. The summed E-state index contributed by atoms with van der Waals surface area (Å²) in [6.07, 6.45) is 7.65. The van der Waals surface area contributed by atoms with Crippen molar-refractivity contribution in [2.45, 2.75) is 25.7 Å². The van der Waals surface area contributed by atoms with Crippen molar-refractivity contribution in [2.24, 2.45) is 5.16 Å². The normalized spacial score (nSPS) is 13.9. The fourth-order valence-electron chi connectivity index (χ4n) is 2.77. The van der Waals surface area contributed by atoms with Crippen LogP contribution in [0.1, 0.15) is 29.5 Å². The molecule has 1 heterocycles. The van der Waals surface area contributed by atoms with Crippen LogP contribution in [0.4, 0.5) is 17.3 Å². The molecule has 0 bridgehead atoms. The van der Waals surface area contributed by atoms with Crippen molar-refractivity contribution in [2.75, 3.05) is 18.2 Å². The molecule has 6 heteroatoms. The van der Waals surface area contributed by atoms with Gasteiger partial charge in [0.2, 0.25) is 0 Å². The Labute approximate surface area is 129 Å². The van der Waals surface area contributed by atoms with E-state index in [4.69, 9.17) is 10.6 Å². The van der Waals surface area contributed by atoms with E-state index in [0.29, 0.717) is 17.2 Å². The molecule has 3 rings (SSSR count). The van der Waals surface area contributed by atoms with E-state index < -0.39 is 0 Å². The van der Waals surface area contributed by atoms with Crippen molar-refractivity contribution in [3.8, 4) is 0 Å². The van der Waals surface area contributed by atoms with Crippen molar-refractivity contribution in [1.29, 1.82) is 0 Å². The Kier molecular flexibility index (Phi) is 4.18. The summed E-state index contributed by atoms with van der Waals surface area (Å²) >= 11 is 0. The quantitative estimate of drug-likeness (QED) is 0.669. The van der Waals surface area contributed by atoms with E-state index in [2.05, 4.69) is 38.6 Å². The van der Waals surface area contributed by atoms with Gasteiger partial charge in [-0.05, 0) is 42.9 Å². The van der Waals surface area contributed by atoms with Crippen LogP contribution in [0.3, 0.4) is 0 Å². The third kappa shape index (κ3) is 2.86. The summed E-state index contributed by atoms with van der Waals surface area (Å²) in [4.78, 5) is 13.0. The summed E-state index contributed by atoms with van der Waals surface area (Å²) in [6.45, 7) is 0. The molecule has 0 unspecified atom stereocenters. The number of fused-ring (bicyclic) bond motifs is 1. The maximum atomic E-state index is 5.92. The van der Waals surface area contributed by atoms with Gasteiger partial charge in [-0.2, -0.15) is 0 Å². The Morgan fingerprint density at radius 1 is 1.27 bits per heavy atom. The molecular weight excluding hydrogens is 278 g/mol. The number of aryl methyl sites for hydroxylation is 1. The summed E-state index contributed by atoms with van der Waals surface area (Å²) < 4.78 is 0. The third-order valence-corrected chi connectivity index (χ3v) is 3.85. The minimum Gasteiger partial charge on any atom is -0.399 e. The SMILES string of the molecule is CO/N=C/c1c(N)ncnc1Nc1cccc2c1CCCC2. The maximum Gasteiger partial charge on any atom is 0.144 e. The van der Waals surface area contributed by atoms with E-state index >= 15 is 0 Å². The zero-order valence-corrected chi connectivity index (χ0v) is 12.5. The van der Waals surface area contributed by atoms with E-state index in [0.717, 1.165) is 18.5 Å². The van der Waals surface area contributed by atoms with Gasteiger partial charge in [-0.3, -0.25) is 0 Å². The van der Waals surface area contributed by atoms with Crippen molar-refractivity contribution >= 4 is 23.5 Å². The Balaban J connectivity index is 1.97. The molecule has 0 radical (unpaired) electrons. The van der Waals surface area contributed by atoms with Crippen LogP contribution in [-0.4, -0.2) is 23.3 Å². The van der Waals surface area contributed by atoms with E-state index in [1.807, 2.05) is 0 Å². The summed E-state index contributed by atoms with van der Waals surface area (Å²) in [6, 6.07) is 6.33. The number of anilines is 3. The van der Waals surface area contributed by atoms with Crippen LogP contribution in [0.25, 0.3) is 0 Å². The zero-order chi connectivity index (χ0) is 15.4. The molecule has 0 spiro atoms. The van der Waals surface area contributed by atoms with Gasteiger partial charge in [-0.1, -0.05) is 17.3 Å². The molecule has 0 atom stereocenters. The highest BCUT2D eigenvalue weighted by Gasteiger charge is 2.15. The number of rotatable bonds is 4. The average molecular weight is 297 g/mol. The van der Waals surface area contributed by atoms with E-state index in [-0.39, 0.29) is 0 Å². The first kappa shape index (κ1) is 14.3. The number of oxime groups is 1. The number of nitrogens with zero attached hydrogens (tertiary/aromatic N) is 3. The van der Waals surface area contributed by atoms with Gasteiger partial charge in [0.25, 0.3) is 0 Å². The lowest BCUT2D eigenvalue weighted by Crippen LogP contribution is -2.09. The van der Waals surface area contributed by atoms with Crippen molar-refractivity contribution < 1.29 is 4.84 Å². The van der Waals surface area contributed by atoms with Gasteiger partial charge in [0, 0.05) is 5.69 Å². The molecule has 0 fully saturated rings. The van der Waals surface area contributed by atoms with Gasteiger partial charge in [0.05, 0.1) is 11.8 Å². The van der Waals surface area contributed by atoms with Crippen LogP contribution >= 0.6 is 0 Å². The average Bonchev–Trinajstić information content (AvgIpc) is 2.55. The third-order valence-electron chi connectivity index (χ3n) is 3.85. The molecule has 1 aromatic heterocycles. The molecule has 0 aliphatic heterocycles. The smallest absolute Gasteiger partial charge is 0.144 e. The van der Waals surface area contributed by atoms with Gasteiger partial charge >= 0.3 is 0 Å². The zero-order valence-electron chi connectivity index (χ0n) is 12.5. The predicted molar refractivity (Wildman–Crippen MR) is 87.4 cm³/mol. The number of hydrogen-bond acceptors (Lipinski definition) is 6. The summed E-state index contributed by atoms with van der Waals surface area (Å²) in [7, 11) is 1.48. The molecule has 1 aliphatic carbocycles. The molecule has 0 saturated carbocycles. The monoisotopic (exact) mass is 297 g/mol. The van der Waals surface area contributed by atoms with Gasteiger partial charge in [0.1, 0.15) is 25.1 Å². The molecule has 1 aromatic carbocycles. The first-order valence-electron chi connectivity index (χ1n) is 7.34. The molecule has 22 heavy (non-hydrogen) atoms. The number of aromatic nitrogens is 2. The second-order valence-electron chi connectivity index (χ2n) is 5.21. The molecule has 0 saturated heterocycles. The van der Waals surface area contributed by atoms with Crippen LogP contribution < -0.4 is 11.1 Å². The fourth-order valence-corrected chi connectivity index (χ4v) is 2.77. The second-order valence-corrected chi connectivity index (χ2v) is 5.21. The number of nitrogens with one attached hydrogen (secondary N) is 1. The molecule has 3 N–H and O–H groups in total. The van der Waals surface area contributed by atoms with E-state index in [1.165, 1.54) is 43.6 Å². The minimum atomic E-state index is 0.364. The highest BCUT2D eigenvalue weighted by molar-refractivity contribution is 5.92. The maximum absolute atomic E-state index is 5.92. The van der Waals surface area contributed by atoms with Crippen LogP contribution in [0.5, 0.6) is 0 Å². The lowest BCUT2D eigenvalue weighted by molar-refractivity contribution is 0.215. The van der Waals surface area contributed by atoms with Crippen LogP contribution in [-0.2, 0) is 17.7 Å². The van der Waals surface area contributed by atoms with Crippen LogP contribution in [0.2, 0.25) is 0 Å². The number of nitrogen functional groups attached to an aromatic ring is 1. The standard InChI is InChI=1S/C16H19N5O/c1-22-20-9-13-15(17)18-10-19-16(13)21-14-8-4-6-11-5-2-3-7-12(11)14/h4,6,8-10H,2-3,5,7H2,1H3,(H3,17,18,19,21)/b20-9+. The molecule has 114 valence electrons. The Morgan fingerprint density at radius 3 is 3.00 bits per heavy atom. The lowest BCUT2D eigenvalue weighted by Gasteiger charge is -2.20.